The summed E-state index contributed by atoms with van der Waals surface area (Å²) in [5, 5.41) is 12.6. The van der Waals surface area contributed by atoms with Gasteiger partial charge in [0.1, 0.15) is 5.82 Å². The minimum Gasteiger partial charge on any atom is -0.393 e. The number of hydrogen-bond donors (Lipinski definition) is 1. The second kappa shape index (κ2) is 5.21. The second-order valence-electron chi connectivity index (χ2n) is 2.90. The third-order valence-corrected chi connectivity index (χ3v) is 1.72. The molecular formula is C9H10FN3O. The Labute approximate surface area is 80.6 Å². The molecule has 4 nitrogen and oxygen atoms in total. The van der Waals surface area contributed by atoms with Crippen LogP contribution >= 0.6 is 0 Å². The molecule has 0 heterocycles. The lowest BCUT2D eigenvalue weighted by molar-refractivity contribution is 0.183. The van der Waals surface area contributed by atoms with Crippen molar-refractivity contribution in [3.63, 3.8) is 0 Å². The van der Waals surface area contributed by atoms with E-state index < -0.39 is 6.10 Å². The molecule has 1 rings (SSSR count). The summed E-state index contributed by atoms with van der Waals surface area (Å²) in [5.74, 6) is -0.335. The van der Waals surface area contributed by atoms with Crippen LogP contribution < -0.4 is 0 Å². The highest BCUT2D eigenvalue weighted by molar-refractivity contribution is 5.17. The number of rotatable bonds is 4. The molecule has 0 saturated carbocycles. The van der Waals surface area contributed by atoms with Gasteiger partial charge in [0.15, 0.2) is 0 Å². The first-order chi connectivity index (χ1) is 6.72. The van der Waals surface area contributed by atoms with Crippen LogP contribution in [-0.4, -0.2) is 17.8 Å². The Kier molecular flexibility index (Phi) is 3.91. The number of aliphatic hydroxyl groups is 1. The van der Waals surface area contributed by atoms with Gasteiger partial charge in [0.05, 0.1) is 12.6 Å². The zero-order valence-corrected chi connectivity index (χ0v) is 7.47. The van der Waals surface area contributed by atoms with E-state index >= 15 is 0 Å². The number of nitrogens with zero attached hydrogens (tertiary/aromatic N) is 3. The largest absolute Gasteiger partial charge is 0.393 e. The molecule has 0 aromatic heterocycles. The quantitative estimate of drug-likeness (QED) is 0.445. The summed E-state index contributed by atoms with van der Waals surface area (Å²) in [4.78, 5) is 2.53. The number of halogens is 1. The maximum absolute atomic E-state index is 12.7. The lowest BCUT2D eigenvalue weighted by atomic mass is 10.1. The van der Waals surface area contributed by atoms with Crippen LogP contribution in [0.5, 0.6) is 0 Å². The molecule has 14 heavy (non-hydrogen) atoms. The topological polar surface area (TPSA) is 69.0 Å². The Balaban J connectivity index is 2.55. The Morgan fingerprint density at radius 1 is 1.57 bits per heavy atom. The predicted octanol–water partition coefficient (Wildman–Crippen LogP) is 2.04. The van der Waals surface area contributed by atoms with Crippen LogP contribution in [0, 0.1) is 5.82 Å². The summed E-state index contributed by atoms with van der Waals surface area (Å²) < 4.78 is 12.7. The smallest absolute Gasteiger partial charge is 0.123 e. The zero-order valence-electron chi connectivity index (χ0n) is 7.47. The molecule has 0 radical (unpaired) electrons. The van der Waals surface area contributed by atoms with Crippen LogP contribution in [0.2, 0.25) is 0 Å². The summed E-state index contributed by atoms with van der Waals surface area (Å²) in [5.41, 5.74) is 8.70. The third kappa shape index (κ3) is 3.43. The molecule has 5 heteroatoms. The van der Waals surface area contributed by atoms with Gasteiger partial charge in [-0.25, -0.2) is 4.39 Å². The number of aliphatic hydroxyl groups excluding tert-OH is 1. The molecule has 0 fully saturated rings. The van der Waals surface area contributed by atoms with Gasteiger partial charge < -0.3 is 5.11 Å². The molecule has 1 atom stereocenters. The van der Waals surface area contributed by atoms with Gasteiger partial charge in [-0.2, -0.15) is 0 Å². The van der Waals surface area contributed by atoms with Crippen molar-refractivity contribution in [1.82, 2.24) is 0 Å². The van der Waals surface area contributed by atoms with E-state index in [0.29, 0.717) is 5.56 Å². The highest BCUT2D eigenvalue weighted by Gasteiger charge is 2.04. The molecule has 0 saturated heterocycles. The van der Waals surface area contributed by atoms with E-state index in [0.717, 1.165) is 0 Å². The van der Waals surface area contributed by atoms with E-state index in [2.05, 4.69) is 10.0 Å². The fraction of sp³-hybridized carbons (Fsp3) is 0.333. The first-order valence-electron chi connectivity index (χ1n) is 4.15. The number of benzene rings is 1. The average molecular weight is 195 g/mol. The summed E-state index contributed by atoms with van der Waals surface area (Å²) in [6.45, 7) is 0.00696. The summed E-state index contributed by atoms with van der Waals surface area (Å²) in [6, 6.07) is 5.97. The van der Waals surface area contributed by atoms with Crippen LogP contribution in [0.1, 0.15) is 5.56 Å². The molecule has 1 aromatic carbocycles. The molecule has 0 spiro atoms. The maximum Gasteiger partial charge on any atom is 0.123 e. The molecule has 74 valence electrons. The fourth-order valence-electron chi connectivity index (χ4n) is 1.13. The van der Waals surface area contributed by atoms with Gasteiger partial charge in [0.25, 0.3) is 0 Å². The molecular weight excluding hydrogens is 185 g/mol. The molecule has 0 aliphatic carbocycles. The van der Waals surface area contributed by atoms with Crippen LogP contribution in [0.15, 0.2) is 29.4 Å². The van der Waals surface area contributed by atoms with Gasteiger partial charge in [-0.05, 0) is 29.6 Å². The van der Waals surface area contributed by atoms with Gasteiger partial charge >= 0.3 is 0 Å². The molecule has 0 bridgehead atoms. The molecule has 0 aliphatic heterocycles. The summed E-state index contributed by atoms with van der Waals surface area (Å²) >= 11 is 0. The number of azide groups is 1. The van der Waals surface area contributed by atoms with Gasteiger partial charge in [-0.15, -0.1) is 0 Å². The van der Waals surface area contributed by atoms with E-state index in [-0.39, 0.29) is 18.8 Å². The Morgan fingerprint density at radius 2 is 2.36 bits per heavy atom. The van der Waals surface area contributed by atoms with E-state index in [4.69, 9.17) is 5.53 Å². The lowest BCUT2D eigenvalue weighted by Crippen LogP contribution is -2.13. The summed E-state index contributed by atoms with van der Waals surface area (Å²) in [7, 11) is 0. The van der Waals surface area contributed by atoms with Crippen molar-refractivity contribution in [1.29, 1.82) is 0 Å². The third-order valence-electron chi connectivity index (χ3n) is 1.72. The molecule has 0 unspecified atom stereocenters. The van der Waals surface area contributed by atoms with Gasteiger partial charge in [0.2, 0.25) is 0 Å². The van der Waals surface area contributed by atoms with E-state index in [9.17, 15) is 9.50 Å². The van der Waals surface area contributed by atoms with Crippen LogP contribution in [0.25, 0.3) is 10.4 Å². The van der Waals surface area contributed by atoms with E-state index in [1.807, 2.05) is 0 Å². The highest BCUT2D eigenvalue weighted by Crippen LogP contribution is 2.06. The second-order valence-corrected chi connectivity index (χ2v) is 2.90. The van der Waals surface area contributed by atoms with Crippen molar-refractivity contribution in [3.8, 4) is 0 Å². The Bertz CT molecular complexity index is 350. The maximum atomic E-state index is 12.7. The summed E-state index contributed by atoms with van der Waals surface area (Å²) in [6.07, 6.45) is -0.468. The van der Waals surface area contributed by atoms with Gasteiger partial charge in [-0.1, -0.05) is 17.2 Å². The van der Waals surface area contributed by atoms with Crippen molar-refractivity contribution in [2.45, 2.75) is 12.5 Å². The average Bonchev–Trinajstić information content (AvgIpc) is 2.15. The predicted molar refractivity (Wildman–Crippen MR) is 50.1 cm³/mol. The molecule has 1 aromatic rings. The van der Waals surface area contributed by atoms with Crippen molar-refractivity contribution in [2.24, 2.45) is 5.11 Å². The van der Waals surface area contributed by atoms with Crippen LogP contribution in [0.3, 0.4) is 0 Å². The molecule has 1 N–H and O–H groups in total. The first-order valence-corrected chi connectivity index (χ1v) is 4.15. The van der Waals surface area contributed by atoms with Gasteiger partial charge in [-0.3, -0.25) is 0 Å². The standard InChI is InChI=1S/C9H10FN3O/c10-8-3-1-2-7(4-8)5-9(14)6-12-13-11/h1-4,9,14H,5-6H2/t9-/m1/s1. The highest BCUT2D eigenvalue weighted by atomic mass is 19.1. The molecule has 0 amide bonds. The van der Waals surface area contributed by atoms with Crippen molar-refractivity contribution < 1.29 is 9.50 Å². The zero-order chi connectivity index (χ0) is 10.4. The van der Waals surface area contributed by atoms with Crippen LogP contribution in [0.4, 0.5) is 4.39 Å². The Hall–Kier alpha value is -1.58. The van der Waals surface area contributed by atoms with E-state index in [1.54, 1.807) is 12.1 Å². The van der Waals surface area contributed by atoms with E-state index in [1.165, 1.54) is 12.1 Å². The van der Waals surface area contributed by atoms with Crippen LogP contribution in [-0.2, 0) is 6.42 Å². The van der Waals surface area contributed by atoms with Crippen molar-refractivity contribution in [3.05, 3.63) is 46.1 Å². The molecule has 0 aliphatic rings. The van der Waals surface area contributed by atoms with Gasteiger partial charge in [0, 0.05) is 4.91 Å². The first kappa shape index (κ1) is 10.5. The number of hydrogen-bond acceptors (Lipinski definition) is 2. The normalized spacial score (nSPS) is 11.9. The minimum absolute atomic E-state index is 0.00696. The monoisotopic (exact) mass is 195 g/mol. The fourth-order valence-corrected chi connectivity index (χ4v) is 1.13. The minimum atomic E-state index is -0.757. The lowest BCUT2D eigenvalue weighted by Gasteiger charge is -2.06. The van der Waals surface area contributed by atoms with Crippen molar-refractivity contribution >= 4 is 0 Å². The Morgan fingerprint density at radius 3 is 3.00 bits per heavy atom. The SMILES string of the molecule is [N-]=[N+]=NC[C@H](O)Cc1cccc(F)c1. The van der Waals surface area contributed by atoms with Crippen molar-refractivity contribution in [2.75, 3.05) is 6.54 Å².